The minimum absolute atomic E-state index is 0.147. The first kappa shape index (κ1) is 11.0. The smallest absolute Gasteiger partial charge is 0.318 e. The van der Waals surface area contributed by atoms with E-state index in [1.165, 1.54) is 25.7 Å². The fraction of sp³-hybridized carbons (Fsp3) is 0.833. The van der Waals surface area contributed by atoms with Crippen LogP contribution in [0.2, 0.25) is 0 Å². The van der Waals surface area contributed by atoms with Crippen LogP contribution in [0.3, 0.4) is 0 Å². The zero-order chi connectivity index (χ0) is 11.9. The Morgan fingerprint density at radius 2 is 2.24 bits per heavy atom. The van der Waals surface area contributed by atoms with Gasteiger partial charge in [-0.2, -0.15) is 0 Å². The molecular formula is C12H20N4O. The molecule has 1 aromatic rings. The predicted octanol–water partition coefficient (Wildman–Crippen LogP) is 1.70. The van der Waals surface area contributed by atoms with Crippen LogP contribution >= 0.6 is 0 Å². The minimum atomic E-state index is 0.147. The highest BCUT2D eigenvalue weighted by atomic mass is 16.4. The van der Waals surface area contributed by atoms with Crippen molar-refractivity contribution in [1.82, 2.24) is 15.5 Å². The zero-order valence-electron chi connectivity index (χ0n) is 10.6. The van der Waals surface area contributed by atoms with Gasteiger partial charge in [-0.25, -0.2) is 0 Å². The molecule has 3 rings (SSSR count). The van der Waals surface area contributed by atoms with Gasteiger partial charge in [-0.3, -0.25) is 0 Å². The average Bonchev–Trinajstić information content (AvgIpc) is 2.88. The van der Waals surface area contributed by atoms with Gasteiger partial charge in [-0.1, -0.05) is 5.10 Å². The Morgan fingerprint density at radius 1 is 1.41 bits per heavy atom. The first-order valence-electron chi connectivity index (χ1n) is 6.48. The molecular weight excluding hydrogens is 216 g/mol. The third kappa shape index (κ3) is 2.29. The highest BCUT2D eigenvalue weighted by molar-refractivity contribution is 5.32. The topological polar surface area (TPSA) is 54.2 Å². The molecule has 0 bridgehead atoms. The summed E-state index contributed by atoms with van der Waals surface area (Å²) in [6.07, 6.45) is 4.94. The number of nitrogens with one attached hydrogen (secondary N) is 1. The molecule has 0 unspecified atom stereocenters. The molecule has 1 saturated carbocycles. The van der Waals surface area contributed by atoms with Gasteiger partial charge in [0.2, 0.25) is 5.89 Å². The van der Waals surface area contributed by atoms with E-state index in [-0.39, 0.29) is 5.54 Å². The summed E-state index contributed by atoms with van der Waals surface area (Å²) in [6.45, 7) is 6.18. The Bertz CT molecular complexity index is 397. The number of hydrogen-bond donors (Lipinski definition) is 1. The quantitative estimate of drug-likeness (QED) is 0.862. The third-order valence-corrected chi connectivity index (χ3v) is 3.71. The van der Waals surface area contributed by atoms with Gasteiger partial charge in [0, 0.05) is 18.1 Å². The van der Waals surface area contributed by atoms with E-state index >= 15 is 0 Å². The summed E-state index contributed by atoms with van der Waals surface area (Å²) in [6, 6.07) is 1.36. The summed E-state index contributed by atoms with van der Waals surface area (Å²) in [5.74, 6) is 0.703. The molecule has 1 N–H and O–H groups in total. The number of anilines is 1. The standard InChI is InChI=1S/C12H20N4O/c1-12(2)6-3-7-16(12)11-15-14-10(17-11)8-13-9-4-5-9/h9,13H,3-8H2,1-2H3. The van der Waals surface area contributed by atoms with Crippen molar-refractivity contribution in [3.63, 3.8) is 0 Å². The first-order chi connectivity index (χ1) is 8.15. The van der Waals surface area contributed by atoms with E-state index in [1.807, 2.05) is 0 Å². The Labute approximate surface area is 102 Å². The van der Waals surface area contributed by atoms with Crippen LogP contribution in [0, 0.1) is 0 Å². The van der Waals surface area contributed by atoms with Crippen molar-refractivity contribution >= 4 is 6.01 Å². The van der Waals surface area contributed by atoms with Gasteiger partial charge in [0.1, 0.15) is 0 Å². The van der Waals surface area contributed by atoms with Crippen LogP contribution in [0.4, 0.5) is 6.01 Å². The molecule has 2 heterocycles. The predicted molar refractivity (Wildman–Crippen MR) is 64.8 cm³/mol. The molecule has 1 aliphatic heterocycles. The molecule has 1 aliphatic carbocycles. The molecule has 1 aromatic heterocycles. The summed E-state index contributed by atoms with van der Waals surface area (Å²) in [5.41, 5.74) is 0.147. The summed E-state index contributed by atoms with van der Waals surface area (Å²) < 4.78 is 5.72. The second-order valence-corrected chi connectivity index (χ2v) is 5.70. The molecule has 2 fully saturated rings. The van der Waals surface area contributed by atoms with E-state index in [0.29, 0.717) is 24.5 Å². The zero-order valence-corrected chi connectivity index (χ0v) is 10.6. The van der Waals surface area contributed by atoms with Crippen LogP contribution in [-0.2, 0) is 6.54 Å². The van der Waals surface area contributed by atoms with Crippen LogP contribution < -0.4 is 10.2 Å². The lowest BCUT2D eigenvalue weighted by atomic mass is 10.0. The molecule has 2 aliphatic rings. The second-order valence-electron chi connectivity index (χ2n) is 5.70. The van der Waals surface area contributed by atoms with Crippen LogP contribution in [0.1, 0.15) is 45.4 Å². The van der Waals surface area contributed by atoms with E-state index in [9.17, 15) is 0 Å². The van der Waals surface area contributed by atoms with Crippen molar-refractivity contribution in [2.24, 2.45) is 0 Å². The monoisotopic (exact) mass is 236 g/mol. The molecule has 94 valence electrons. The lowest BCUT2D eigenvalue weighted by Gasteiger charge is -2.29. The number of hydrogen-bond acceptors (Lipinski definition) is 5. The van der Waals surface area contributed by atoms with Gasteiger partial charge >= 0.3 is 6.01 Å². The molecule has 0 radical (unpaired) electrons. The van der Waals surface area contributed by atoms with Crippen LogP contribution in [0.15, 0.2) is 4.42 Å². The van der Waals surface area contributed by atoms with E-state index in [0.717, 1.165) is 6.54 Å². The van der Waals surface area contributed by atoms with E-state index in [1.54, 1.807) is 0 Å². The molecule has 0 atom stereocenters. The molecule has 5 heteroatoms. The van der Waals surface area contributed by atoms with Gasteiger partial charge in [-0.05, 0) is 39.5 Å². The highest BCUT2D eigenvalue weighted by Gasteiger charge is 2.35. The fourth-order valence-corrected chi connectivity index (χ4v) is 2.41. The Balaban J connectivity index is 1.66. The molecule has 0 amide bonds. The maximum absolute atomic E-state index is 5.72. The number of nitrogens with zero attached hydrogens (tertiary/aromatic N) is 3. The Morgan fingerprint density at radius 3 is 2.88 bits per heavy atom. The normalized spacial score (nSPS) is 23.3. The molecule has 17 heavy (non-hydrogen) atoms. The third-order valence-electron chi connectivity index (χ3n) is 3.71. The molecule has 0 aromatic carbocycles. The summed E-state index contributed by atoms with van der Waals surface area (Å²) in [4.78, 5) is 2.22. The maximum Gasteiger partial charge on any atom is 0.318 e. The van der Waals surface area contributed by atoms with E-state index in [2.05, 4.69) is 34.3 Å². The Hall–Kier alpha value is -1.10. The SMILES string of the molecule is CC1(C)CCCN1c1nnc(CNC2CC2)o1. The molecule has 0 spiro atoms. The van der Waals surface area contributed by atoms with Crippen molar-refractivity contribution in [2.45, 2.75) is 57.7 Å². The van der Waals surface area contributed by atoms with Gasteiger partial charge in [0.25, 0.3) is 0 Å². The lowest BCUT2D eigenvalue weighted by molar-refractivity contribution is 0.428. The van der Waals surface area contributed by atoms with E-state index < -0.39 is 0 Å². The first-order valence-corrected chi connectivity index (χ1v) is 6.48. The summed E-state index contributed by atoms with van der Waals surface area (Å²) >= 11 is 0. The van der Waals surface area contributed by atoms with Crippen molar-refractivity contribution in [1.29, 1.82) is 0 Å². The van der Waals surface area contributed by atoms with Gasteiger partial charge in [0.15, 0.2) is 0 Å². The van der Waals surface area contributed by atoms with Gasteiger partial charge in [0.05, 0.1) is 6.54 Å². The minimum Gasteiger partial charge on any atom is -0.407 e. The Kier molecular flexibility index (Phi) is 2.58. The van der Waals surface area contributed by atoms with Crippen LogP contribution in [-0.4, -0.2) is 28.3 Å². The molecule has 1 saturated heterocycles. The number of aromatic nitrogens is 2. The van der Waals surface area contributed by atoms with Crippen molar-refractivity contribution in [3.8, 4) is 0 Å². The largest absolute Gasteiger partial charge is 0.407 e. The fourth-order valence-electron chi connectivity index (χ4n) is 2.41. The maximum atomic E-state index is 5.72. The second kappa shape index (κ2) is 3.98. The summed E-state index contributed by atoms with van der Waals surface area (Å²) in [7, 11) is 0. The number of rotatable bonds is 4. The van der Waals surface area contributed by atoms with Gasteiger partial charge < -0.3 is 14.6 Å². The van der Waals surface area contributed by atoms with Gasteiger partial charge in [-0.15, -0.1) is 5.10 Å². The van der Waals surface area contributed by atoms with Crippen molar-refractivity contribution < 1.29 is 4.42 Å². The van der Waals surface area contributed by atoms with Crippen molar-refractivity contribution in [3.05, 3.63) is 5.89 Å². The van der Waals surface area contributed by atoms with Crippen LogP contribution in [0.25, 0.3) is 0 Å². The highest BCUT2D eigenvalue weighted by Crippen LogP contribution is 2.32. The lowest BCUT2D eigenvalue weighted by Crippen LogP contribution is -2.38. The van der Waals surface area contributed by atoms with E-state index in [4.69, 9.17) is 4.42 Å². The summed E-state index contributed by atoms with van der Waals surface area (Å²) in [5, 5.41) is 11.6. The van der Waals surface area contributed by atoms with Crippen molar-refractivity contribution in [2.75, 3.05) is 11.4 Å². The molecule has 5 nitrogen and oxygen atoms in total. The average molecular weight is 236 g/mol. The van der Waals surface area contributed by atoms with Crippen LogP contribution in [0.5, 0.6) is 0 Å².